The summed E-state index contributed by atoms with van der Waals surface area (Å²) in [5.41, 5.74) is 8.14. The number of aryl methyl sites for hydroxylation is 1. The largest absolute Gasteiger partial charge is 0.505 e. The van der Waals surface area contributed by atoms with Crippen molar-refractivity contribution >= 4 is 49.3 Å². The minimum Gasteiger partial charge on any atom is -0.505 e. The molecule has 33 heavy (non-hydrogen) atoms. The van der Waals surface area contributed by atoms with Crippen LogP contribution in [0.25, 0.3) is 10.8 Å². The van der Waals surface area contributed by atoms with E-state index in [2.05, 4.69) is 20.5 Å². The summed E-state index contributed by atoms with van der Waals surface area (Å²) in [6.07, 6.45) is 0. The first-order valence-corrected chi connectivity index (χ1v) is 11.2. The van der Waals surface area contributed by atoms with E-state index in [1.165, 1.54) is 18.2 Å². The highest BCUT2D eigenvalue weighted by Gasteiger charge is 2.16. The number of benzene rings is 4. The third kappa shape index (κ3) is 4.71. The molecule has 10 heteroatoms. The van der Waals surface area contributed by atoms with Crippen LogP contribution in [0.5, 0.6) is 5.75 Å². The zero-order chi connectivity index (χ0) is 23.6. The lowest BCUT2D eigenvalue weighted by molar-refractivity contribution is 0.482. The topological polar surface area (TPSA) is 150 Å². The fraction of sp³-hybridized carbons (Fsp3) is 0.0435. The van der Waals surface area contributed by atoms with Crippen molar-refractivity contribution in [1.29, 1.82) is 0 Å². The highest BCUT2D eigenvalue weighted by atomic mass is 32.2. The molecule has 0 aliphatic heterocycles. The van der Waals surface area contributed by atoms with Gasteiger partial charge in [-0.25, -0.2) is 0 Å². The van der Waals surface area contributed by atoms with Crippen molar-refractivity contribution in [3.63, 3.8) is 0 Å². The molecule has 0 unspecified atom stereocenters. The number of hydrogen-bond donors (Lipinski definition) is 3. The van der Waals surface area contributed by atoms with Crippen molar-refractivity contribution in [3.8, 4) is 5.75 Å². The molecule has 4 N–H and O–H groups in total. The molecule has 0 amide bonds. The van der Waals surface area contributed by atoms with Gasteiger partial charge >= 0.3 is 0 Å². The van der Waals surface area contributed by atoms with E-state index in [0.29, 0.717) is 16.5 Å². The molecule has 0 spiro atoms. The van der Waals surface area contributed by atoms with Gasteiger partial charge in [-0.15, -0.1) is 15.3 Å². The Balaban J connectivity index is 1.76. The molecular formula is C23H19N5O4S. The maximum Gasteiger partial charge on any atom is 0.296 e. The quantitative estimate of drug-likeness (QED) is 0.176. The molecule has 4 aromatic carbocycles. The first kappa shape index (κ1) is 22.1. The van der Waals surface area contributed by atoms with Gasteiger partial charge in [-0.3, -0.25) is 4.55 Å². The smallest absolute Gasteiger partial charge is 0.296 e. The molecule has 0 fully saturated rings. The Labute approximate surface area is 189 Å². The zero-order valence-corrected chi connectivity index (χ0v) is 18.2. The first-order valence-electron chi connectivity index (χ1n) is 9.75. The predicted molar refractivity (Wildman–Crippen MR) is 126 cm³/mol. The summed E-state index contributed by atoms with van der Waals surface area (Å²) in [5, 5.41) is 28.0. The standard InChI is InChI=1S/C23H19N5O4S/c1-14-7-12-20(33(30,31)32)19(13-14)28-26-17-10-8-15-9-11-18(23(29)21(15)22(17)24)27-25-16-5-3-2-4-6-16/h2-13,29H,24H2,1H3,(H,30,31,32). The van der Waals surface area contributed by atoms with Crippen LogP contribution in [0.1, 0.15) is 5.56 Å². The molecule has 0 aromatic heterocycles. The Hall–Kier alpha value is -4.15. The van der Waals surface area contributed by atoms with Crippen molar-refractivity contribution in [2.75, 3.05) is 5.73 Å². The Morgan fingerprint density at radius 1 is 0.788 bits per heavy atom. The summed E-state index contributed by atoms with van der Waals surface area (Å²) >= 11 is 0. The highest BCUT2D eigenvalue weighted by molar-refractivity contribution is 7.86. The van der Waals surface area contributed by atoms with Crippen molar-refractivity contribution in [2.45, 2.75) is 11.8 Å². The Bertz CT molecular complexity index is 1520. The fourth-order valence-electron chi connectivity index (χ4n) is 3.21. The third-order valence-corrected chi connectivity index (χ3v) is 5.74. The predicted octanol–water partition coefficient (Wildman–Crippen LogP) is 6.51. The van der Waals surface area contributed by atoms with Crippen LogP contribution in [-0.4, -0.2) is 18.1 Å². The summed E-state index contributed by atoms with van der Waals surface area (Å²) < 4.78 is 32.7. The minimum atomic E-state index is -4.49. The van der Waals surface area contributed by atoms with Gasteiger partial charge in [-0.1, -0.05) is 36.4 Å². The van der Waals surface area contributed by atoms with Crippen LogP contribution in [0, 0.1) is 6.92 Å². The van der Waals surface area contributed by atoms with Gasteiger partial charge in [0, 0.05) is 0 Å². The number of phenolic OH excluding ortho intramolecular Hbond substituents is 1. The monoisotopic (exact) mass is 461 g/mol. The van der Waals surface area contributed by atoms with Crippen LogP contribution in [-0.2, 0) is 10.1 Å². The molecule has 0 saturated heterocycles. The van der Waals surface area contributed by atoms with Crippen molar-refractivity contribution in [2.24, 2.45) is 20.5 Å². The summed E-state index contributed by atoms with van der Waals surface area (Å²) in [6, 6.07) is 20.0. The van der Waals surface area contributed by atoms with Crippen molar-refractivity contribution < 1.29 is 18.1 Å². The summed E-state index contributed by atoms with van der Waals surface area (Å²) in [7, 11) is -4.49. The van der Waals surface area contributed by atoms with Gasteiger partial charge in [0.1, 0.15) is 22.0 Å². The van der Waals surface area contributed by atoms with Gasteiger partial charge in [0.05, 0.1) is 16.8 Å². The molecule has 0 saturated carbocycles. The minimum absolute atomic E-state index is 0.0355. The van der Waals surface area contributed by atoms with Crippen LogP contribution in [0.2, 0.25) is 0 Å². The average Bonchev–Trinajstić information content (AvgIpc) is 2.78. The number of anilines is 1. The van der Waals surface area contributed by atoms with Crippen LogP contribution in [0.3, 0.4) is 0 Å². The van der Waals surface area contributed by atoms with Crippen molar-refractivity contribution in [1.82, 2.24) is 0 Å². The molecule has 0 aliphatic rings. The highest BCUT2D eigenvalue weighted by Crippen LogP contribution is 2.42. The number of aromatic hydroxyl groups is 1. The number of phenols is 1. The summed E-state index contributed by atoms with van der Waals surface area (Å²) in [5.74, 6) is -0.170. The summed E-state index contributed by atoms with van der Waals surface area (Å²) in [4.78, 5) is -0.373. The lowest BCUT2D eigenvalue weighted by Gasteiger charge is -2.09. The Morgan fingerprint density at radius 3 is 2.12 bits per heavy atom. The van der Waals surface area contributed by atoms with E-state index < -0.39 is 10.1 Å². The van der Waals surface area contributed by atoms with Gasteiger partial charge in [0.2, 0.25) is 0 Å². The Kier molecular flexibility index (Phi) is 5.86. The van der Waals surface area contributed by atoms with Gasteiger partial charge in [0.25, 0.3) is 10.1 Å². The number of nitrogen functional groups attached to an aromatic ring is 1. The van der Waals surface area contributed by atoms with Gasteiger partial charge in [-0.05, 0) is 54.3 Å². The lowest BCUT2D eigenvalue weighted by atomic mass is 10.1. The van der Waals surface area contributed by atoms with E-state index >= 15 is 0 Å². The third-order valence-electron chi connectivity index (χ3n) is 4.84. The first-order chi connectivity index (χ1) is 15.7. The van der Waals surface area contributed by atoms with Crippen LogP contribution in [0.4, 0.5) is 28.4 Å². The van der Waals surface area contributed by atoms with E-state index in [1.54, 1.807) is 43.3 Å². The summed E-state index contributed by atoms with van der Waals surface area (Å²) in [6.45, 7) is 1.75. The molecule has 0 heterocycles. The Morgan fingerprint density at radius 2 is 1.42 bits per heavy atom. The number of nitrogens with two attached hydrogens (primary N) is 1. The van der Waals surface area contributed by atoms with Gasteiger partial charge < -0.3 is 10.8 Å². The maximum absolute atomic E-state index is 11.6. The molecule has 0 atom stereocenters. The van der Waals surface area contributed by atoms with E-state index in [-0.39, 0.29) is 33.4 Å². The van der Waals surface area contributed by atoms with Gasteiger partial charge in [0.15, 0.2) is 5.75 Å². The molecular weight excluding hydrogens is 442 g/mol. The van der Waals surface area contributed by atoms with E-state index in [9.17, 15) is 18.1 Å². The molecule has 166 valence electrons. The van der Waals surface area contributed by atoms with E-state index in [1.807, 2.05) is 18.2 Å². The molecule has 9 nitrogen and oxygen atoms in total. The normalized spacial score (nSPS) is 12.2. The van der Waals surface area contributed by atoms with E-state index in [0.717, 1.165) is 5.56 Å². The average molecular weight is 462 g/mol. The number of nitrogens with zero attached hydrogens (tertiary/aromatic N) is 4. The second kappa shape index (κ2) is 8.77. The SMILES string of the molecule is Cc1ccc(S(=O)(=O)O)c(N=Nc2ccc3ccc(N=Nc4ccccc4)c(O)c3c2N)c1. The molecule has 0 radical (unpaired) electrons. The number of hydrogen-bond acceptors (Lipinski definition) is 8. The van der Waals surface area contributed by atoms with Crippen LogP contribution < -0.4 is 5.73 Å². The number of azo groups is 2. The maximum atomic E-state index is 11.6. The van der Waals surface area contributed by atoms with Crippen LogP contribution in [0.15, 0.2) is 98.1 Å². The molecule has 0 bridgehead atoms. The van der Waals surface area contributed by atoms with Gasteiger partial charge in [-0.2, -0.15) is 13.5 Å². The second-order valence-electron chi connectivity index (χ2n) is 7.21. The zero-order valence-electron chi connectivity index (χ0n) is 17.4. The number of fused-ring (bicyclic) bond motifs is 1. The van der Waals surface area contributed by atoms with Crippen LogP contribution >= 0.6 is 0 Å². The lowest BCUT2D eigenvalue weighted by Crippen LogP contribution is -1.98. The van der Waals surface area contributed by atoms with Crippen molar-refractivity contribution in [3.05, 3.63) is 78.4 Å². The second-order valence-corrected chi connectivity index (χ2v) is 8.60. The van der Waals surface area contributed by atoms with E-state index in [4.69, 9.17) is 5.73 Å². The molecule has 4 rings (SSSR count). The number of rotatable bonds is 5. The molecule has 0 aliphatic carbocycles. The fourth-order valence-corrected chi connectivity index (χ4v) is 3.81. The molecule has 4 aromatic rings.